The lowest BCUT2D eigenvalue weighted by atomic mass is 10.1. The number of hydrogen-bond donors (Lipinski definition) is 1. The van der Waals surface area contributed by atoms with Crippen molar-refractivity contribution in [2.75, 3.05) is 33.2 Å². The molecule has 26 heavy (non-hydrogen) atoms. The van der Waals surface area contributed by atoms with Crippen molar-refractivity contribution in [2.45, 2.75) is 44.6 Å². The van der Waals surface area contributed by atoms with Crippen LogP contribution in [0.25, 0.3) is 0 Å². The Morgan fingerprint density at radius 2 is 1.96 bits per heavy atom. The first kappa shape index (κ1) is 22.9. The van der Waals surface area contributed by atoms with Crippen molar-refractivity contribution in [3.63, 3.8) is 0 Å². The molecule has 1 unspecified atom stereocenters. The SMILES string of the molecule is CCN(CC)S(=O)(=O)c1cc(C(=O)N2CCCC2CNC)ccc1C.Cl. The standard InChI is InChI=1S/C18H29N3O3S.ClH/c1-5-20(6-2)25(23,24)17-12-15(10-9-14(17)3)18(22)21-11-7-8-16(21)13-19-4;/h9-10,12,16,19H,5-8,11,13H2,1-4H3;1H. The Morgan fingerprint density at radius 3 is 2.54 bits per heavy atom. The molecule has 2 rings (SSSR count). The van der Waals surface area contributed by atoms with Gasteiger partial charge in [-0.05, 0) is 44.5 Å². The number of benzene rings is 1. The van der Waals surface area contributed by atoms with Crippen molar-refractivity contribution in [2.24, 2.45) is 0 Å². The number of sulfonamides is 1. The summed E-state index contributed by atoms with van der Waals surface area (Å²) in [5.41, 5.74) is 1.11. The predicted molar refractivity (Wildman–Crippen MR) is 107 cm³/mol. The fourth-order valence-corrected chi connectivity index (χ4v) is 5.14. The molecule has 0 bridgehead atoms. The van der Waals surface area contributed by atoms with Gasteiger partial charge in [0, 0.05) is 37.8 Å². The van der Waals surface area contributed by atoms with Gasteiger partial charge < -0.3 is 10.2 Å². The second kappa shape index (κ2) is 9.69. The van der Waals surface area contributed by atoms with E-state index < -0.39 is 10.0 Å². The van der Waals surface area contributed by atoms with Crippen LogP contribution in [0, 0.1) is 6.92 Å². The van der Waals surface area contributed by atoms with Crippen molar-refractivity contribution in [3.8, 4) is 0 Å². The quantitative estimate of drug-likeness (QED) is 0.758. The molecule has 1 aliphatic rings. The van der Waals surface area contributed by atoms with Crippen LogP contribution in [0.1, 0.15) is 42.6 Å². The highest BCUT2D eigenvalue weighted by atomic mass is 35.5. The Hall–Kier alpha value is -1.15. The van der Waals surface area contributed by atoms with Gasteiger partial charge in [-0.15, -0.1) is 12.4 Å². The molecule has 0 aliphatic carbocycles. The van der Waals surface area contributed by atoms with Gasteiger partial charge >= 0.3 is 0 Å². The zero-order valence-corrected chi connectivity index (χ0v) is 17.6. The number of nitrogens with zero attached hydrogens (tertiary/aromatic N) is 2. The number of hydrogen-bond acceptors (Lipinski definition) is 4. The molecule has 1 saturated heterocycles. The molecule has 1 atom stereocenters. The minimum Gasteiger partial charge on any atom is -0.334 e. The molecular formula is C18H30ClN3O3S. The molecule has 1 aliphatic heterocycles. The molecule has 1 heterocycles. The van der Waals surface area contributed by atoms with E-state index in [1.165, 1.54) is 4.31 Å². The Balaban J connectivity index is 0.00000338. The number of nitrogens with one attached hydrogen (secondary N) is 1. The number of rotatable bonds is 7. The molecule has 1 aromatic carbocycles. The lowest BCUT2D eigenvalue weighted by Gasteiger charge is -2.25. The molecule has 6 nitrogen and oxygen atoms in total. The third-order valence-corrected chi connectivity index (χ3v) is 7.03. The average Bonchev–Trinajstić information content (AvgIpc) is 3.04. The second-order valence-electron chi connectivity index (χ2n) is 6.42. The number of amides is 1. The Morgan fingerprint density at radius 1 is 1.31 bits per heavy atom. The van der Waals surface area contributed by atoms with Crippen LogP contribution in [0.5, 0.6) is 0 Å². The zero-order valence-electron chi connectivity index (χ0n) is 16.0. The maximum Gasteiger partial charge on any atom is 0.254 e. The highest BCUT2D eigenvalue weighted by Gasteiger charge is 2.30. The molecule has 0 radical (unpaired) electrons. The van der Waals surface area contributed by atoms with Crippen LogP contribution in [0.4, 0.5) is 0 Å². The van der Waals surface area contributed by atoms with E-state index >= 15 is 0 Å². The smallest absolute Gasteiger partial charge is 0.254 e. The van der Waals surface area contributed by atoms with Crippen LogP contribution in [0.3, 0.4) is 0 Å². The van der Waals surface area contributed by atoms with E-state index in [0.29, 0.717) is 24.2 Å². The number of carbonyl (C=O) groups excluding carboxylic acids is 1. The summed E-state index contributed by atoms with van der Waals surface area (Å²) in [4.78, 5) is 15.0. The second-order valence-corrected chi connectivity index (χ2v) is 8.33. The van der Waals surface area contributed by atoms with Crippen molar-refractivity contribution in [1.29, 1.82) is 0 Å². The first-order valence-electron chi connectivity index (χ1n) is 8.93. The van der Waals surface area contributed by atoms with Crippen LogP contribution in [0.15, 0.2) is 23.1 Å². The van der Waals surface area contributed by atoms with Crippen LogP contribution >= 0.6 is 12.4 Å². The first-order chi connectivity index (χ1) is 11.9. The van der Waals surface area contributed by atoms with Crippen LogP contribution in [-0.2, 0) is 10.0 Å². The first-order valence-corrected chi connectivity index (χ1v) is 10.4. The summed E-state index contributed by atoms with van der Waals surface area (Å²) in [6.45, 7) is 7.69. The largest absolute Gasteiger partial charge is 0.334 e. The van der Waals surface area contributed by atoms with Gasteiger partial charge in [0.25, 0.3) is 5.91 Å². The van der Waals surface area contributed by atoms with Crippen LogP contribution in [-0.4, -0.2) is 62.8 Å². The number of likely N-dealkylation sites (N-methyl/N-ethyl adjacent to an activating group) is 1. The van der Waals surface area contributed by atoms with E-state index in [1.54, 1.807) is 25.1 Å². The van der Waals surface area contributed by atoms with Gasteiger partial charge in [-0.2, -0.15) is 4.31 Å². The summed E-state index contributed by atoms with van der Waals surface area (Å²) < 4.78 is 27.2. The summed E-state index contributed by atoms with van der Waals surface area (Å²) in [5.74, 6) is -0.0891. The summed E-state index contributed by atoms with van der Waals surface area (Å²) in [7, 11) is -1.71. The maximum absolute atomic E-state index is 12.9. The Labute approximate surface area is 163 Å². The molecule has 0 spiro atoms. The monoisotopic (exact) mass is 403 g/mol. The van der Waals surface area contributed by atoms with E-state index in [0.717, 1.165) is 25.9 Å². The zero-order chi connectivity index (χ0) is 18.6. The molecule has 1 amide bonds. The van der Waals surface area contributed by atoms with Gasteiger partial charge in [0.15, 0.2) is 0 Å². The average molecular weight is 404 g/mol. The van der Waals surface area contributed by atoms with Crippen LogP contribution in [0.2, 0.25) is 0 Å². The number of halogens is 1. The Kier molecular flexibility index (Phi) is 8.53. The minimum absolute atomic E-state index is 0. The van der Waals surface area contributed by atoms with E-state index in [4.69, 9.17) is 0 Å². The molecule has 1 fully saturated rings. The molecule has 148 valence electrons. The molecule has 1 aromatic rings. The van der Waals surface area contributed by atoms with E-state index in [9.17, 15) is 13.2 Å². The highest BCUT2D eigenvalue weighted by molar-refractivity contribution is 7.89. The van der Waals surface area contributed by atoms with E-state index in [-0.39, 0.29) is 29.3 Å². The third-order valence-electron chi connectivity index (χ3n) is 4.84. The fraction of sp³-hybridized carbons (Fsp3) is 0.611. The Bertz CT molecular complexity index is 720. The molecule has 0 aromatic heterocycles. The molecule has 0 saturated carbocycles. The van der Waals surface area contributed by atoms with Crippen LogP contribution < -0.4 is 5.32 Å². The minimum atomic E-state index is -3.58. The normalized spacial score (nSPS) is 17.4. The van der Waals surface area contributed by atoms with Gasteiger partial charge in [-0.1, -0.05) is 19.9 Å². The van der Waals surface area contributed by atoms with Gasteiger partial charge in [0.05, 0.1) is 4.90 Å². The van der Waals surface area contributed by atoms with Gasteiger partial charge in [0.2, 0.25) is 10.0 Å². The molecule has 1 N–H and O–H groups in total. The lowest BCUT2D eigenvalue weighted by molar-refractivity contribution is 0.0737. The van der Waals surface area contributed by atoms with E-state index in [1.807, 2.05) is 25.8 Å². The number of aryl methyl sites for hydroxylation is 1. The van der Waals surface area contributed by atoms with Crippen molar-refractivity contribution < 1.29 is 13.2 Å². The van der Waals surface area contributed by atoms with Crippen molar-refractivity contribution in [3.05, 3.63) is 29.3 Å². The van der Waals surface area contributed by atoms with Gasteiger partial charge in [-0.3, -0.25) is 4.79 Å². The predicted octanol–water partition coefficient (Wildman–Crippen LogP) is 2.27. The fourth-order valence-electron chi connectivity index (χ4n) is 3.43. The van der Waals surface area contributed by atoms with Crippen molar-refractivity contribution >= 4 is 28.3 Å². The molecule has 8 heteroatoms. The topological polar surface area (TPSA) is 69.7 Å². The summed E-state index contributed by atoms with van der Waals surface area (Å²) >= 11 is 0. The summed E-state index contributed by atoms with van der Waals surface area (Å²) in [5, 5.41) is 3.12. The van der Waals surface area contributed by atoms with Gasteiger partial charge in [-0.25, -0.2) is 8.42 Å². The third kappa shape index (κ3) is 4.57. The lowest BCUT2D eigenvalue weighted by Crippen LogP contribution is -2.41. The van der Waals surface area contributed by atoms with Gasteiger partial charge in [0.1, 0.15) is 0 Å². The maximum atomic E-state index is 12.9. The molecular weight excluding hydrogens is 374 g/mol. The summed E-state index contributed by atoms with van der Waals surface area (Å²) in [6.07, 6.45) is 1.96. The van der Waals surface area contributed by atoms with Crippen molar-refractivity contribution in [1.82, 2.24) is 14.5 Å². The number of likely N-dealkylation sites (tertiary alicyclic amines) is 1. The number of carbonyl (C=O) groups is 1. The highest BCUT2D eigenvalue weighted by Crippen LogP contribution is 2.24. The van der Waals surface area contributed by atoms with E-state index in [2.05, 4.69) is 5.32 Å². The summed E-state index contributed by atoms with van der Waals surface area (Å²) in [6, 6.07) is 5.17.